The summed E-state index contributed by atoms with van der Waals surface area (Å²) in [5, 5.41) is 0. The first-order valence-electron chi connectivity index (χ1n) is 3.98. The molecule has 0 radical (unpaired) electrons. The van der Waals surface area contributed by atoms with E-state index in [0.717, 1.165) is 23.7 Å². The van der Waals surface area contributed by atoms with Gasteiger partial charge in [0.05, 0.1) is 0 Å². The predicted octanol–water partition coefficient (Wildman–Crippen LogP) is 3.59. The summed E-state index contributed by atoms with van der Waals surface area (Å²) in [6, 6.07) is 0. The molecule has 1 aliphatic rings. The van der Waals surface area contributed by atoms with Crippen LogP contribution in [0.15, 0.2) is 0 Å². The van der Waals surface area contributed by atoms with E-state index in [4.69, 9.17) is 0 Å². The van der Waals surface area contributed by atoms with Crippen molar-refractivity contribution in [3.05, 3.63) is 6.42 Å². The minimum atomic E-state index is 0. The van der Waals surface area contributed by atoms with Gasteiger partial charge in [-0.05, 0) is 0 Å². The van der Waals surface area contributed by atoms with Gasteiger partial charge in [-0.25, -0.2) is 0 Å². The predicted molar refractivity (Wildman–Crippen MR) is 55.5 cm³/mol. The van der Waals surface area contributed by atoms with Crippen molar-refractivity contribution in [2.45, 2.75) is 27.7 Å². The molecule has 0 aromatic rings. The zero-order valence-electron chi connectivity index (χ0n) is 8.20. The van der Waals surface area contributed by atoms with Crippen molar-refractivity contribution >= 4 is 24.8 Å². The van der Waals surface area contributed by atoms with Gasteiger partial charge in [-0.15, -0.1) is 24.8 Å². The van der Waals surface area contributed by atoms with Crippen molar-refractivity contribution in [1.82, 2.24) is 0 Å². The van der Waals surface area contributed by atoms with E-state index in [1.165, 1.54) is 0 Å². The smallest absolute Gasteiger partial charge is 0 e. The molecule has 74 valence electrons. The van der Waals surface area contributed by atoms with E-state index < -0.39 is 0 Å². The SMILES string of the molecule is CC1[CH-]C(C)C(C)C1C.Cl.Cl.[Zr]. The molecule has 0 aromatic heterocycles. The van der Waals surface area contributed by atoms with Crippen molar-refractivity contribution in [3.63, 3.8) is 0 Å². The molecule has 12 heavy (non-hydrogen) atoms. The standard InChI is InChI=1S/C9H17.2ClH.Zr/c1-6-5-7(2)9(4)8(6)3;;;/h5-9H,1-4H3;2*1H;/q-1;;;. The Balaban J connectivity index is -0.000000270. The molecule has 1 aliphatic carbocycles. The van der Waals surface area contributed by atoms with Crippen molar-refractivity contribution < 1.29 is 26.2 Å². The van der Waals surface area contributed by atoms with Gasteiger partial charge in [0.2, 0.25) is 0 Å². The average molecular weight is 289 g/mol. The molecule has 4 unspecified atom stereocenters. The van der Waals surface area contributed by atoms with E-state index in [0.29, 0.717) is 0 Å². The summed E-state index contributed by atoms with van der Waals surface area (Å²) in [7, 11) is 0. The van der Waals surface area contributed by atoms with Crippen LogP contribution in [0, 0.1) is 30.1 Å². The molecule has 1 saturated carbocycles. The van der Waals surface area contributed by atoms with Gasteiger partial charge in [-0.1, -0.05) is 39.5 Å². The quantitative estimate of drug-likeness (QED) is 0.598. The van der Waals surface area contributed by atoms with Gasteiger partial charge in [-0.2, -0.15) is 11.8 Å². The third kappa shape index (κ3) is 4.12. The fourth-order valence-electron chi connectivity index (χ4n) is 1.79. The van der Waals surface area contributed by atoms with Gasteiger partial charge < -0.3 is 6.42 Å². The Hall–Kier alpha value is 1.46. The molecule has 0 aliphatic heterocycles. The van der Waals surface area contributed by atoms with E-state index in [9.17, 15) is 0 Å². The molecule has 0 bridgehead atoms. The normalized spacial score (nSPS) is 39.0. The van der Waals surface area contributed by atoms with Crippen molar-refractivity contribution in [2.24, 2.45) is 23.7 Å². The van der Waals surface area contributed by atoms with Gasteiger partial charge in [0.1, 0.15) is 0 Å². The number of hydrogen-bond donors (Lipinski definition) is 0. The molecule has 0 heterocycles. The van der Waals surface area contributed by atoms with Crippen molar-refractivity contribution in [2.75, 3.05) is 0 Å². The number of halogens is 2. The van der Waals surface area contributed by atoms with Crippen LogP contribution in [0.3, 0.4) is 0 Å². The zero-order valence-corrected chi connectivity index (χ0v) is 12.3. The Labute approximate surface area is 108 Å². The summed E-state index contributed by atoms with van der Waals surface area (Å²) in [4.78, 5) is 0. The second-order valence-corrected chi connectivity index (χ2v) is 3.63. The summed E-state index contributed by atoms with van der Waals surface area (Å²) < 4.78 is 0. The van der Waals surface area contributed by atoms with Crippen molar-refractivity contribution in [3.8, 4) is 0 Å². The van der Waals surface area contributed by atoms with Gasteiger partial charge in [0.25, 0.3) is 0 Å². The van der Waals surface area contributed by atoms with Crippen LogP contribution >= 0.6 is 24.8 Å². The molecule has 0 spiro atoms. The van der Waals surface area contributed by atoms with E-state index in [1.54, 1.807) is 0 Å². The third-order valence-electron chi connectivity index (χ3n) is 3.10. The largest absolute Gasteiger partial charge is 0.322 e. The summed E-state index contributed by atoms with van der Waals surface area (Å²) in [5.41, 5.74) is 0. The molecule has 0 nitrogen and oxygen atoms in total. The van der Waals surface area contributed by atoms with Crippen LogP contribution in [0.25, 0.3) is 0 Å². The monoisotopic (exact) mass is 287 g/mol. The van der Waals surface area contributed by atoms with Crippen LogP contribution in [0.4, 0.5) is 0 Å². The zero-order chi connectivity index (χ0) is 7.02. The van der Waals surface area contributed by atoms with Crippen LogP contribution in [-0.2, 0) is 26.2 Å². The Morgan fingerprint density at radius 3 is 1.08 bits per heavy atom. The molecule has 0 N–H and O–H groups in total. The Bertz CT molecular complexity index is 96.7. The molecule has 1 rings (SSSR count). The molecular formula is C9H19Cl2Zr-. The maximum Gasteiger partial charge on any atom is 0 e. The Kier molecular flexibility index (Phi) is 12.5. The van der Waals surface area contributed by atoms with Crippen LogP contribution < -0.4 is 0 Å². The minimum Gasteiger partial charge on any atom is -0.322 e. The fraction of sp³-hybridized carbons (Fsp3) is 0.889. The second-order valence-electron chi connectivity index (χ2n) is 3.63. The third-order valence-corrected chi connectivity index (χ3v) is 3.10. The number of hydrogen-bond acceptors (Lipinski definition) is 0. The minimum absolute atomic E-state index is 0. The average Bonchev–Trinajstić information content (AvgIpc) is 1.98. The maximum absolute atomic E-state index is 2.48. The maximum atomic E-state index is 2.48. The van der Waals surface area contributed by atoms with Gasteiger partial charge >= 0.3 is 0 Å². The van der Waals surface area contributed by atoms with Crippen LogP contribution in [0.1, 0.15) is 27.7 Å². The topological polar surface area (TPSA) is 0 Å². The molecule has 3 heteroatoms. The Morgan fingerprint density at radius 1 is 0.750 bits per heavy atom. The fourth-order valence-corrected chi connectivity index (χ4v) is 1.79. The number of rotatable bonds is 0. The van der Waals surface area contributed by atoms with Gasteiger partial charge in [0.15, 0.2) is 0 Å². The first kappa shape index (κ1) is 19.1. The van der Waals surface area contributed by atoms with Gasteiger partial charge in [0, 0.05) is 26.2 Å². The van der Waals surface area contributed by atoms with E-state index >= 15 is 0 Å². The molecule has 1 fully saturated rings. The van der Waals surface area contributed by atoms with Crippen LogP contribution in [0.2, 0.25) is 0 Å². The summed E-state index contributed by atoms with van der Waals surface area (Å²) in [5.74, 6) is 3.49. The van der Waals surface area contributed by atoms with Crippen molar-refractivity contribution in [1.29, 1.82) is 0 Å². The molecular weight excluding hydrogens is 270 g/mol. The summed E-state index contributed by atoms with van der Waals surface area (Å²) in [6.07, 6.45) is 2.48. The molecule has 4 atom stereocenters. The van der Waals surface area contributed by atoms with Crippen LogP contribution in [0.5, 0.6) is 0 Å². The van der Waals surface area contributed by atoms with E-state index in [1.807, 2.05) is 0 Å². The summed E-state index contributed by atoms with van der Waals surface area (Å²) >= 11 is 0. The van der Waals surface area contributed by atoms with Gasteiger partial charge in [-0.3, -0.25) is 0 Å². The molecule has 0 saturated heterocycles. The van der Waals surface area contributed by atoms with Crippen LogP contribution in [-0.4, -0.2) is 0 Å². The molecule has 0 amide bonds. The second kappa shape index (κ2) is 7.83. The van der Waals surface area contributed by atoms with E-state index in [-0.39, 0.29) is 51.0 Å². The Morgan fingerprint density at radius 2 is 1.00 bits per heavy atom. The first-order chi connectivity index (χ1) is 4.13. The molecule has 0 aromatic carbocycles. The van der Waals surface area contributed by atoms with E-state index in [2.05, 4.69) is 34.1 Å². The first-order valence-corrected chi connectivity index (χ1v) is 3.98. The summed E-state index contributed by atoms with van der Waals surface area (Å²) in [6.45, 7) is 9.36.